The van der Waals surface area contributed by atoms with Crippen molar-refractivity contribution in [3.63, 3.8) is 0 Å². The number of hydrogen-bond donors (Lipinski definition) is 1. The fourth-order valence-corrected chi connectivity index (χ4v) is 8.63. The molecule has 260 valence electrons. The summed E-state index contributed by atoms with van der Waals surface area (Å²) in [5, 5.41) is 8.44. The van der Waals surface area contributed by atoms with Gasteiger partial charge >= 0.3 is 0 Å². The van der Waals surface area contributed by atoms with Crippen molar-refractivity contribution in [2.24, 2.45) is 23.7 Å². The minimum absolute atomic E-state index is 0. The average Bonchev–Trinajstić information content (AvgIpc) is 3.49. The van der Waals surface area contributed by atoms with Gasteiger partial charge in [-0.3, -0.25) is 9.59 Å². The highest BCUT2D eigenvalue weighted by atomic mass is 35.5. The molecule has 48 heavy (non-hydrogen) atoms. The molecule has 1 aromatic heterocycles. The summed E-state index contributed by atoms with van der Waals surface area (Å²) < 4.78 is 13.5. The Morgan fingerprint density at radius 3 is 2.10 bits per heavy atom. The van der Waals surface area contributed by atoms with Crippen molar-refractivity contribution in [3.05, 3.63) is 59.3 Å². The molecule has 0 radical (unpaired) electrons. The molecule has 0 atom stereocenters. The van der Waals surface area contributed by atoms with E-state index >= 15 is 0 Å². The molecule has 3 aromatic rings. The fourth-order valence-electron chi connectivity index (χ4n) is 8.63. The third-order valence-electron chi connectivity index (χ3n) is 10.7. The molecule has 2 amide bonds. The Hall–Kier alpha value is -3.56. The zero-order chi connectivity index (χ0) is 33.4. The molecule has 10 heteroatoms. The first-order chi connectivity index (χ1) is 22.6. The second-order valence-electron chi connectivity index (χ2n) is 14.6. The lowest BCUT2D eigenvalue weighted by atomic mass is 9.54. The molecule has 4 bridgehead atoms. The van der Waals surface area contributed by atoms with E-state index in [0.717, 1.165) is 36.1 Å². The van der Waals surface area contributed by atoms with Crippen LogP contribution in [0.5, 0.6) is 11.5 Å². The van der Waals surface area contributed by atoms with Crippen LogP contribution in [0.2, 0.25) is 0 Å². The summed E-state index contributed by atoms with van der Waals surface area (Å²) in [6.07, 6.45) is 7.18. The monoisotopic (exact) mass is 677 g/mol. The summed E-state index contributed by atoms with van der Waals surface area (Å²) in [5.41, 5.74) is 4.17. The van der Waals surface area contributed by atoms with Crippen LogP contribution in [0.15, 0.2) is 42.5 Å². The van der Waals surface area contributed by atoms with Crippen LogP contribution in [0, 0.1) is 23.7 Å². The Balaban J connectivity index is 0.00000451. The van der Waals surface area contributed by atoms with E-state index in [1.165, 1.54) is 32.1 Å². The Kier molecular flexibility index (Phi) is 11.1. The molecule has 1 heterocycles. The van der Waals surface area contributed by atoms with Crippen LogP contribution in [0.4, 0.5) is 0 Å². The zero-order valence-corrected chi connectivity index (χ0v) is 30.3. The number of amides is 2. The molecule has 4 aliphatic rings. The van der Waals surface area contributed by atoms with E-state index in [9.17, 15) is 9.59 Å². The summed E-state index contributed by atoms with van der Waals surface area (Å²) in [6.45, 7) is 5.82. The highest BCUT2D eigenvalue weighted by molar-refractivity contribution is 5.96. The summed E-state index contributed by atoms with van der Waals surface area (Å²) >= 11 is 0. The summed E-state index contributed by atoms with van der Waals surface area (Å²) in [5.74, 6) is 3.95. The maximum atomic E-state index is 14.0. The highest BCUT2D eigenvalue weighted by Crippen LogP contribution is 2.53. The Bertz CT molecular complexity index is 1570. The molecule has 0 spiro atoms. The van der Waals surface area contributed by atoms with E-state index in [1.54, 1.807) is 19.1 Å². The second kappa shape index (κ2) is 14.9. The molecule has 4 saturated carbocycles. The van der Waals surface area contributed by atoms with Crippen molar-refractivity contribution >= 4 is 24.2 Å². The number of rotatable bonds is 12. The fraction of sp³-hybridized carbons (Fsp3) is 0.553. The van der Waals surface area contributed by atoms with Crippen LogP contribution in [0.3, 0.4) is 0 Å². The van der Waals surface area contributed by atoms with Gasteiger partial charge in [-0.05, 0) is 131 Å². The van der Waals surface area contributed by atoms with Gasteiger partial charge in [-0.2, -0.15) is 5.10 Å². The zero-order valence-electron chi connectivity index (χ0n) is 29.5. The average molecular weight is 678 g/mol. The largest absolute Gasteiger partial charge is 0.496 e. The van der Waals surface area contributed by atoms with Gasteiger partial charge < -0.3 is 24.6 Å². The maximum Gasteiger partial charge on any atom is 0.272 e. The van der Waals surface area contributed by atoms with E-state index < -0.39 is 0 Å². The van der Waals surface area contributed by atoms with Gasteiger partial charge in [-0.15, -0.1) is 12.4 Å². The van der Waals surface area contributed by atoms with Gasteiger partial charge in [0, 0.05) is 25.2 Å². The highest BCUT2D eigenvalue weighted by Gasteiger charge is 2.48. The number of nitrogens with zero attached hydrogens (tertiary/aromatic N) is 4. The smallest absolute Gasteiger partial charge is 0.272 e. The van der Waals surface area contributed by atoms with Crippen LogP contribution >= 0.6 is 12.4 Å². The van der Waals surface area contributed by atoms with E-state index in [2.05, 4.69) is 24.1 Å². The molecule has 1 N–H and O–H groups in total. The van der Waals surface area contributed by atoms with Crippen molar-refractivity contribution in [2.45, 2.75) is 64.3 Å². The molecule has 4 aliphatic carbocycles. The lowest BCUT2D eigenvalue weighted by Crippen LogP contribution is -2.55. The van der Waals surface area contributed by atoms with Crippen molar-refractivity contribution in [2.75, 3.05) is 48.5 Å². The summed E-state index contributed by atoms with van der Waals surface area (Å²) in [7, 11) is 9.20. The van der Waals surface area contributed by atoms with E-state index in [0.29, 0.717) is 52.4 Å². The number of benzene rings is 2. The molecule has 4 fully saturated rings. The molecular weight excluding hydrogens is 626 g/mol. The van der Waals surface area contributed by atoms with Crippen molar-refractivity contribution in [1.29, 1.82) is 0 Å². The molecule has 0 unspecified atom stereocenters. The van der Waals surface area contributed by atoms with Gasteiger partial charge in [0.15, 0.2) is 5.69 Å². The van der Waals surface area contributed by atoms with Crippen LogP contribution < -0.4 is 14.8 Å². The normalized spacial score (nSPS) is 22.5. The summed E-state index contributed by atoms with van der Waals surface area (Å²) in [6, 6.07) is 13.5. The van der Waals surface area contributed by atoms with Crippen molar-refractivity contribution < 1.29 is 19.1 Å². The SMILES string of the molecule is COc1cccc(OC)c1-c1cc(C(=O)NC2C3CC4CC(C3)CC2C4)nn1-c1ccc(C(=O)N(C)CCCN(C)C)cc1C(C)C.Cl. The number of hydrogen-bond acceptors (Lipinski definition) is 6. The van der Waals surface area contributed by atoms with Crippen molar-refractivity contribution in [3.8, 4) is 28.4 Å². The third-order valence-corrected chi connectivity index (χ3v) is 10.7. The molecule has 0 saturated heterocycles. The minimum Gasteiger partial charge on any atom is -0.496 e. The Morgan fingerprint density at radius 1 is 0.917 bits per heavy atom. The van der Waals surface area contributed by atoms with Crippen LogP contribution in [0.25, 0.3) is 16.9 Å². The van der Waals surface area contributed by atoms with Gasteiger partial charge in [0.2, 0.25) is 0 Å². The van der Waals surface area contributed by atoms with Crippen LogP contribution in [-0.2, 0) is 0 Å². The van der Waals surface area contributed by atoms with Gasteiger partial charge in [-0.25, -0.2) is 4.68 Å². The number of nitrogens with one attached hydrogen (secondary N) is 1. The maximum absolute atomic E-state index is 14.0. The predicted octanol–water partition coefficient (Wildman–Crippen LogP) is 6.68. The molecule has 9 nitrogen and oxygen atoms in total. The first-order valence-electron chi connectivity index (χ1n) is 17.2. The molecular formula is C38H52ClN5O4. The van der Waals surface area contributed by atoms with Gasteiger partial charge in [0.25, 0.3) is 11.8 Å². The number of halogens is 1. The van der Waals surface area contributed by atoms with E-state index in [-0.39, 0.29) is 36.2 Å². The minimum atomic E-state index is -0.145. The standard InChI is InChI=1S/C38H51N5O4.ClH/c1-23(2)29-21-26(38(45)42(5)15-9-14-41(3)4)12-13-31(29)43-32(35-33(46-6)10-8-11-34(35)47-7)22-30(40-43)37(44)39-36-27-17-24-16-25(19-27)20-28(36)18-24;/h8,10-13,21-25,27-28,36H,9,14-20H2,1-7H3,(H,39,44);1H. The molecule has 7 rings (SSSR count). The number of aromatic nitrogens is 2. The first kappa shape index (κ1) is 35.7. The molecule has 0 aliphatic heterocycles. The number of ether oxygens (including phenoxy) is 2. The van der Waals surface area contributed by atoms with Crippen LogP contribution in [0.1, 0.15) is 84.7 Å². The van der Waals surface area contributed by atoms with Gasteiger partial charge in [0.05, 0.1) is 31.2 Å². The third kappa shape index (κ3) is 7.08. The van der Waals surface area contributed by atoms with E-state index in [4.69, 9.17) is 14.6 Å². The Morgan fingerprint density at radius 2 is 1.54 bits per heavy atom. The summed E-state index contributed by atoms with van der Waals surface area (Å²) in [4.78, 5) is 31.4. The molecule has 2 aromatic carbocycles. The lowest BCUT2D eigenvalue weighted by molar-refractivity contribution is -0.0120. The number of carbonyl (C=O) groups is 2. The van der Waals surface area contributed by atoms with E-state index in [1.807, 2.05) is 68.3 Å². The van der Waals surface area contributed by atoms with Crippen LogP contribution in [-0.4, -0.2) is 85.9 Å². The second-order valence-corrected chi connectivity index (χ2v) is 14.6. The lowest BCUT2D eigenvalue weighted by Gasteiger charge is -2.54. The first-order valence-corrected chi connectivity index (χ1v) is 17.2. The number of carbonyl (C=O) groups excluding carboxylic acids is 2. The quantitative estimate of drug-likeness (QED) is 0.230. The van der Waals surface area contributed by atoms with Crippen molar-refractivity contribution in [1.82, 2.24) is 24.9 Å². The topological polar surface area (TPSA) is 88.9 Å². The van der Waals surface area contributed by atoms with Gasteiger partial charge in [0.1, 0.15) is 11.5 Å². The number of methoxy groups -OCH3 is 2. The van der Waals surface area contributed by atoms with Gasteiger partial charge in [-0.1, -0.05) is 19.9 Å². The predicted molar refractivity (Wildman–Crippen MR) is 192 cm³/mol. The Labute approximate surface area is 291 Å².